The minimum atomic E-state index is -0.585. The second-order valence-electron chi connectivity index (χ2n) is 4.32. The molecule has 1 amide bonds. The lowest BCUT2D eigenvalue weighted by atomic mass is 9.94. The van der Waals surface area contributed by atoms with Crippen molar-refractivity contribution in [3.63, 3.8) is 0 Å². The zero-order chi connectivity index (χ0) is 11.9. The molecule has 0 aromatic rings. The van der Waals surface area contributed by atoms with Crippen molar-refractivity contribution < 1.29 is 9.53 Å². The van der Waals surface area contributed by atoms with Gasteiger partial charge in [-0.1, -0.05) is 0 Å². The van der Waals surface area contributed by atoms with Crippen molar-refractivity contribution in [1.82, 2.24) is 5.32 Å². The number of nitrogens with two attached hydrogens (primary N) is 1. The molecule has 0 aromatic heterocycles. The molecule has 1 unspecified atom stereocenters. The Labute approximate surface area is 92.6 Å². The molecule has 15 heavy (non-hydrogen) atoms. The number of amides is 1. The van der Waals surface area contributed by atoms with Gasteiger partial charge in [-0.25, -0.2) is 0 Å². The molecule has 0 bridgehead atoms. The van der Waals surface area contributed by atoms with E-state index in [1.807, 2.05) is 20.8 Å². The SMILES string of the molecule is CNC(C)(CCCCOC(C)C)C(N)=O. The van der Waals surface area contributed by atoms with Gasteiger partial charge in [0.25, 0.3) is 0 Å². The summed E-state index contributed by atoms with van der Waals surface area (Å²) in [5.74, 6) is -0.297. The van der Waals surface area contributed by atoms with Gasteiger partial charge in [-0.05, 0) is 47.1 Å². The number of rotatable bonds is 8. The molecular weight excluding hydrogens is 192 g/mol. The summed E-state index contributed by atoms with van der Waals surface area (Å²) < 4.78 is 5.41. The normalized spacial score (nSPS) is 15.3. The van der Waals surface area contributed by atoms with Crippen LogP contribution in [0.5, 0.6) is 0 Å². The van der Waals surface area contributed by atoms with Crippen LogP contribution in [0.15, 0.2) is 0 Å². The summed E-state index contributed by atoms with van der Waals surface area (Å²) in [5.41, 5.74) is 4.73. The van der Waals surface area contributed by atoms with Gasteiger partial charge in [0, 0.05) is 6.61 Å². The van der Waals surface area contributed by atoms with E-state index in [1.165, 1.54) is 0 Å². The molecule has 1 atom stereocenters. The van der Waals surface area contributed by atoms with Crippen LogP contribution >= 0.6 is 0 Å². The van der Waals surface area contributed by atoms with Gasteiger partial charge < -0.3 is 15.8 Å². The zero-order valence-electron chi connectivity index (χ0n) is 10.3. The van der Waals surface area contributed by atoms with Crippen molar-refractivity contribution in [2.24, 2.45) is 5.73 Å². The molecular formula is C11H24N2O2. The maximum absolute atomic E-state index is 11.2. The van der Waals surface area contributed by atoms with E-state index in [9.17, 15) is 4.79 Å². The maximum Gasteiger partial charge on any atom is 0.237 e. The van der Waals surface area contributed by atoms with Crippen LogP contribution in [-0.2, 0) is 9.53 Å². The standard InChI is InChI=1S/C11H24N2O2/c1-9(2)15-8-6-5-7-11(3,13-4)10(12)14/h9,13H,5-8H2,1-4H3,(H2,12,14). The molecule has 3 N–H and O–H groups in total. The minimum absolute atomic E-state index is 0.275. The van der Waals surface area contributed by atoms with Crippen molar-refractivity contribution in [1.29, 1.82) is 0 Å². The number of unbranched alkanes of at least 4 members (excludes halogenated alkanes) is 1. The third-order valence-electron chi connectivity index (χ3n) is 2.62. The van der Waals surface area contributed by atoms with Gasteiger partial charge in [-0.15, -0.1) is 0 Å². The Kier molecular flexibility index (Phi) is 6.52. The fourth-order valence-electron chi connectivity index (χ4n) is 1.27. The molecule has 0 saturated heterocycles. The van der Waals surface area contributed by atoms with Crippen LogP contribution in [0.25, 0.3) is 0 Å². The Balaban J connectivity index is 3.69. The fourth-order valence-corrected chi connectivity index (χ4v) is 1.27. The predicted octanol–water partition coefficient (Wildman–Crippen LogP) is 1.05. The van der Waals surface area contributed by atoms with Crippen molar-refractivity contribution in [3.05, 3.63) is 0 Å². The Hall–Kier alpha value is -0.610. The molecule has 0 aliphatic rings. The molecule has 90 valence electrons. The summed E-state index contributed by atoms with van der Waals surface area (Å²) in [6.07, 6.45) is 2.92. The summed E-state index contributed by atoms with van der Waals surface area (Å²) in [5, 5.41) is 2.96. The van der Waals surface area contributed by atoms with E-state index in [0.717, 1.165) is 25.9 Å². The molecule has 0 spiro atoms. The Morgan fingerprint density at radius 2 is 2.07 bits per heavy atom. The number of likely N-dealkylation sites (N-methyl/N-ethyl adjacent to an activating group) is 1. The molecule has 4 heteroatoms. The Bertz CT molecular complexity index is 195. The quantitative estimate of drug-likeness (QED) is 0.596. The van der Waals surface area contributed by atoms with Crippen molar-refractivity contribution in [3.8, 4) is 0 Å². The highest BCUT2D eigenvalue weighted by Crippen LogP contribution is 2.12. The highest BCUT2D eigenvalue weighted by atomic mass is 16.5. The second-order valence-corrected chi connectivity index (χ2v) is 4.32. The van der Waals surface area contributed by atoms with E-state index in [0.29, 0.717) is 0 Å². The van der Waals surface area contributed by atoms with Crippen LogP contribution in [0.4, 0.5) is 0 Å². The topological polar surface area (TPSA) is 64.3 Å². The highest BCUT2D eigenvalue weighted by molar-refractivity contribution is 5.84. The van der Waals surface area contributed by atoms with Gasteiger partial charge in [-0.3, -0.25) is 4.79 Å². The van der Waals surface area contributed by atoms with Gasteiger partial charge in [0.15, 0.2) is 0 Å². The van der Waals surface area contributed by atoms with Gasteiger partial charge in [0.05, 0.1) is 11.6 Å². The van der Waals surface area contributed by atoms with E-state index >= 15 is 0 Å². The average molecular weight is 216 g/mol. The number of nitrogens with one attached hydrogen (secondary N) is 1. The molecule has 0 heterocycles. The van der Waals surface area contributed by atoms with Crippen molar-refractivity contribution >= 4 is 5.91 Å². The van der Waals surface area contributed by atoms with Gasteiger partial charge in [0.2, 0.25) is 5.91 Å². The first kappa shape index (κ1) is 14.4. The van der Waals surface area contributed by atoms with Gasteiger partial charge in [0.1, 0.15) is 0 Å². The third-order valence-corrected chi connectivity index (χ3v) is 2.62. The first-order valence-electron chi connectivity index (χ1n) is 5.53. The fraction of sp³-hybridized carbons (Fsp3) is 0.909. The summed E-state index contributed by atoms with van der Waals surface area (Å²) >= 11 is 0. The number of hydrogen-bond acceptors (Lipinski definition) is 3. The van der Waals surface area contributed by atoms with Crippen LogP contribution in [0, 0.1) is 0 Å². The molecule has 0 rings (SSSR count). The second kappa shape index (κ2) is 6.80. The summed E-state index contributed by atoms with van der Waals surface area (Å²) in [4.78, 5) is 11.2. The van der Waals surface area contributed by atoms with E-state index < -0.39 is 5.54 Å². The number of primary amides is 1. The molecule has 0 saturated carbocycles. The lowest BCUT2D eigenvalue weighted by molar-refractivity contribution is -0.123. The zero-order valence-corrected chi connectivity index (χ0v) is 10.3. The Morgan fingerprint density at radius 1 is 1.47 bits per heavy atom. The van der Waals surface area contributed by atoms with Crippen LogP contribution in [0.3, 0.4) is 0 Å². The van der Waals surface area contributed by atoms with Gasteiger partial charge in [-0.2, -0.15) is 0 Å². The minimum Gasteiger partial charge on any atom is -0.379 e. The van der Waals surface area contributed by atoms with E-state index in [2.05, 4.69) is 5.32 Å². The number of carbonyl (C=O) groups is 1. The van der Waals surface area contributed by atoms with E-state index in [-0.39, 0.29) is 12.0 Å². The van der Waals surface area contributed by atoms with Crippen LogP contribution < -0.4 is 11.1 Å². The molecule has 0 aliphatic heterocycles. The van der Waals surface area contributed by atoms with Crippen molar-refractivity contribution in [2.45, 2.75) is 51.7 Å². The van der Waals surface area contributed by atoms with Gasteiger partial charge >= 0.3 is 0 Å². The smallest absolute Gasteiger partial charge is 0.237 e. The maximum atomic E-state index is 11.2. The number of hydrogen-bond donors (Lipinski definition) is 2. The lowest BCUT2D eigenvalue weighted by Gasteiger charge is -2.25. The average Bonchev–Trinajstić information content (AvgIpc) is 2.16. The number of ether oxygens (including phenoxy) is 1. The first-order chi connectivity index (χ1) is 6.92. The number of carbonyl (C=O) groups excluding carboxylic acids is 1. The van der Waals surface area contributed by atoms with Crippen molar-refractivity contribution in [2.75, 3.05) is 13.7 Å². The lowest BCUT2D eigenvalue weighted by Crippen LogP contribution is -2.51. The van der Waals surface area contributed by atoms with E-state index in [1.54, 1.807) is 7.05 Å². The van der Waals surface area contributed by atoms with E-state index in [4.69, 9.17) is 10.5 Å². The summed E-state index contributed by atoms with van der Waals surface area (Å²) in [6.45, 7) is 6.61. The largest absolute Gasteiger partial charge is 0.379 e. The Morgan fingerprint density at radius 3 is 2.47 bits per heavy atom. The molecule has 0 radical (unpaired) electrons. The highest BCUT2D eigenvalue weighted by Gasteiger charge is 2.27. The van der Waals surface area contributed by atoms with Crippen LogP contribution in [0.1, 0.15) is 40.0 Å². The molecule has 0 aromatic carbocycles. The molecule has 0 aliphatic carbocycles. The molecule has 4 nitrogen and oxygen atoms in total. The molecule has 0 fully saturated rings. The summed E-state index contributed by atoms with van der Waals surface area (Å²) in [6, 6.07) is 0. The van der Waals surface area contributed by atoms with Crippen LogP contribution in [0.2, 0.25) is 0 Å². The summed E-state index contributed by atoms with van der Waals surface area (Å²) in [7, 11) is 1.76. The third kappa shape index (κ3) is 5.74. The van der Waals surface area contributed by atoms with Crippen LogP contribution in [-0.4, -0.2) is 31.2 Å². The predicted molar refractivity (Wildman–Crippen MR) is 61.6 cm³/mol. The first-order valence-corrected chi connectivity index (χ1v) is 5.53. The monoisotopic (exact) mass is 216 g/mol.